The molecule has 1 aliphatic rings. The highest BCUT2D eigenvalue weighted by Gasteiger charge is 2.25. The zero-order valence-electron chi connectivity index (χ0n) is 14.4. The minimum atomic E-state index is 0.0814. The lowest BCUT2D eigenvalue weighted by Crippen LogP contribution is -2.27. The van der Waals surface area contributed by atoms with Crippen molar-refractivity contribution in [1.29, 1.82) is 0 Å². The normalized spacial score (nSPS) is 14.0. The van der Waals surface area contributed by atoms with E-state index in [0.717, 1.165) is 48.4 Å². The molecule has 0 N–H and O–H groups in total. The number of para-hydroxylation sites is 1. The quantitative estimate of drug-likeness (QED) is 0.725. The molecule has 2 heterocycles. The Hall–Kier alpha value is -2.88. The number of carbonyl (C=O) groups excluding carboxylic acids is 1. The van der Waals surface area contributed by atoms with Crippen LogP contribution in [0.25, 0.3) is 16.9 Å². The molecule has 0 atom stereocenters. The van der Waals surface area contributed by atoms with Crippen molar-refractivity contribution < 1.29 is 4.79 Å². The predicted molar refractivity (Wildman–Crippen MR) is 98.9 cm³/mol. The van der Waals surface area contributed by atoms with E-state index in [0.29, 0.717) is 5.56 Å². The van der Waals surface area contributed by atoms with Crippen LogP contribution in [0.3, 0.4) is 0 Å². The van der Waals surface area contributed by atoms with Gasteiger partial charge in [0.2, 0.25) is 0 Å². The van der Waals surface area contributed by atoms with Crippen molar-refractivity contribution in [2.24, 2.45) is 0 Å². The SMILES string of the molecule is Cc1ccccc1-c1nn(-c2ccccc2)cc1C(=O)N1CCCC1. The first-order valence-electron chi connectivity index (χ1n) is 8.74. The number of rotatable bonds is 3. The molecule has 126 valence electrons. The Kier molecular flexibility index (Phi) is 4.10. The maximum absolute atomic E-state index is 13.1. The summed E-state index contributed by atoms with van der Waals surface area (Å²) in [6.45, 7) is 3.73. The standard InChI is InChI=1S/C21H21N3O/c1-16-9-5-6-12-18(16)20-19(21(25)23-13-7-8-14-23)15-24(22-20)17-10-3-2-4-11-17/h2-6,9-12,15H,7-8,13-14H2,1H3. The molecule has 2 aromatic carbocycles. The van der Waals surface area contributed by atoms with Gasteiger partial charge in [-0.2, -0.15) is 5.10 Å². The molecular weight excluding hydrogens is 310 g/mol. The van der Waals surface area contributed by atoms with Crippen LogP contribution in [0, 0.1) is 6.92 Å². The lowest BCUT2D eigenvalue weighted by Gasteiger charge is -2.15. The highest BCUT2D eigenvalue weighted by atomic mass is 16.2. The number of aromatic nitrogens is 2. The van der Waals surface area contributed by atoms with E-state index in [1.807, 2.05) is 64.3 Å². The molecule has 1 aromatic heterocycles. The van der Waals surface area contributed by atoms with Crippen LogP contribution in [-0.2, 0) is 0 Å². The minimum absolute atomic E-state index is 0.0814. The fraction of sp³-hybridized carbons (Fsp3) is 0.238. The summed E-state index contributed by atoms with van der Waals surface area (Å²) in [6.07, 6.45) is 4.04. The molecule has 0 bridgehead atoms. The van der Waals surface area contributed by atoms with E-state index in [1.165, 1.54) is 0 Å². The van der Waals surface area contributed by atoms with Crippen molar-refractivity contribution in [3.05, 3.63) is 71.9 Å². The summed E-state index contributed by atoms with van der Waals surface area (Å²) in [5, 5.41) is 4.77. The van der Waals surface area contributed by atoms with E-state index < -0.39 is 0 Å². The molecule has 4 rings (SSSR count). The average molecular weight is 331 g/mol. The van der Waals surface area contributed by atoms with E-state index in [2.05, 4.69) is 13.0 Å². The molecule has 0 unspecified atom stereocenters. The first kappa shape index (κ1) is 15.6. The molecule has 0 saturated carbocycles. The summed E-state index contributed by atoms with van der Waals surface area (Å²) < 4.78 is 1.81. The van der Waals surface area contributed by atoms with Crippen molar-refractivity contribution in [2.75, 3.05) is 13.1 Å². The van der Waals surface area contributed by atoms with E-state index >= 15 is 0 Å². The largest absolute Gasteiger partial charge is 0.339 e. The highest BCUT2D eigenvalue weighted by Crippen LogP contribution is 2.28. The Balaban J connectivity index is 1.84. The third kappa shape index (κ3) is 2.95. The molecule has 1 amide bonds. The number of aryl methyl sites for hydroxylation is 1. The summed E-state index contributed by atoms with van der Waals surface area (Å²) in [6, 6.07) is 18.0. The van der Waals surface area contributed by atoms with Gasteiger partial charge in [0.25, 0.3) is 5.91 Å². The fourth-order valence-corrected chi connectivity index (χ4v) is 3.37. The number of amides is 1. The highest BCUT2D eigenvalue weighted by molar-refractivity contribution is 6.00. The minimum Gasteiger partial charge on any atom is -0.339 e. The molecule has 0 spiro atoms. The summed E-state index contributed by atoms with van der Waals surface area (Å²) in [4.78, 5) is 15.0. The van der Waals surface area contributed by atoms with Crippen molar-refractivity contribution >= 4 is 5.91 Å². The first-order chi connectivity index (χ1) is 12.2. The summed E-state index contributed by atoms with van der Waals surface area (Å²) in [7, 11) is 0. The maximum atomic E-state index is 13.1. The molecule has 0 aliphatic carbocycles. The number of likely N-dealkylation sites (tertiary alicyclic amines) is 1. The smallest absolute Gasteiger partial charge is 0.257 e. The lowest BCUT2D eigenvalue weighted by molar-refractivity contribution is 0.0793. The number of carbonyl (C=O) groups is 1. The summed E-state index contributed by atoms with van der Waals surface area (Å²) >= 11 is 0. The van der Waals surface area contributed by atoms with Gasteiger partial charge in [-0.25, -0.2) is 4.68 Å². The number of nitrogens with zero attached hydrogens (tertiary/aromatic N) is 3. The Labute approximate surface area is 147 Å². The monoisotopic (exact) mass is 331 g/mol. The molecule has 4 heteroatoms. The van der Waals surface area contributed by atoms with Gasteiger partial charge < -0.3 is 4.90 Å². The van der Waals surface area contributed by atoms with E-state index in [1.54, 1.807) is 0 Å². The van der Waals surface area contributed by atoms with Crippen LogP contribution >= 0.6 is 0 Å². The Morgan fingerprint density at radius 2 is 1.64 bits per heavy atom. The zero-order chi connectivity index (χ0) is 17.2. The van der Waals surface area contributed by atoms with Crippen LogP contribution in [0.5, 0.6) is 0 Å². The molecule has 0 radical (unpaired) electrons. The van der Waals surface area contributed by atoms with Crippen LogP contribution in [0.2, 0.25) is 0 Å². The van der Waals surface area contributed by atoms with Gasteiger partial charge in [0.15, 0.2) is 0 Å². The van der Waals surface area contributed by atoms with Gasteiger partial charge in [0.05, 0.1) is 11.3 Å². The predicted octanol–water partition coefficient (Wildman–Crippen LogP) is 4.08. The van der Waals surface area contributed by atoms with Gasteiger partial charge in [0, 0.05) is 24.8 Å². The molecule has 25 heavy (non-hydrogen) atoms. The van der Waals surface area contributed by atoms with Crippen molar-refractivity contribution in [2.45, 2.75) is 19.8 Å². The topological polar surface area (TPSA) is 38.1 Å². The van der Waals surface area contributed by atoms with Gasteiger partial charge in [-0.3, -0.25) is 4.79 Å². The zero-order valence-corrected chi connectivity index (χ0v) is 14.4. The third-order valence-electron chi connectivity index (χ3n) is 4.76. The van der Waals surface area contributed by atoms with Crippen LogP contribution in [0.15, 0.2) is 60.8 Å². The second-order valence-electron chi connectivity index (χ2n) is 6.49. The summed E-state index contributed by atoms with van der Waals surface area (Å²) in [5.74, 6) is 0.0814. The Morgan fingerprint density at radius 1 is 0.960 bits per heavy atom. The molecule has 1 aliphatic heterocycles. The van der Waals surface area contributed by atoms with Gasteiger partial charge >= 0.3 is 0 Å². The summed E-state index contributed by atoms with van der Waals surface area (Å²) in [5.41, 5.74) is 4.53. The Bertz CT molecular complexity index is 893. The number of hydrogen-bond acceptors (Lipinski definition) is 2. The molecule has 3 aromatic rings. The molecule has 1 fully saturated rings. The van der Waals surface area contributed by atoms with Crippen molar-refractivity contribution in [1.82, 2.24) is 14.7 Å². The van der Waals surface area contributed by atoms with Crippen LogP contribution < -0.4 is 0 Å². The lowest BCUT2D eigenvalue weighted by atomic mass is 10.0. The van der Waals surface area contributed by atoms with Crippen LogP contribution in [-0.4, -0.2) is 33.7 Å². The van der Waals surface area contributed by atoms with E-state index in [-0.39, 0.29) is 5.91 Å². The molecule has 1 saturated heterocycles. The first-order valence-corrected chi connectivity index (χ1v) is 8.74. The third-order valence-corrected chi connectivity index (χ3v) is 4.76. The van der Waals surface area contributed by atoms with Gasteiger partial charge in [-0.15, -0.1) is 0 Å². The number of hydrogen-bond donors (Lipinski definition) is 0. The van der Waals surface area contributed by atoms with Crippen molar-refractivity contribution in [3.8, 4) is 16.9 Å². The maximum Gasteiger partial charge on any atom is 0.257 e. The van der Waals surface area contributed by atoms with Crippen LogP contribution in [0.1, 0.15) is 28.8 Å². The Morgan fingerprint density at radius 3 is 2.36 bits per heavy atom. The van der Waals surface area contributed by atoms with E-state index in [9.17, 15) is 4.79 Å². The molecule has 4 nitrogen and oxygen atoms in total. The van der Waals surface area contributed by atoms with Gasteiger partial charge in [-0.1, -0.05) is 42.5 Å². The molecular formula is C21H21N3O. The average Bonchev–Trinajstić information content (AvgIpc) is 3.32. The fourth-order valence-electron chi connectivity index (χ4n) is 3.37. The number of benzene rings is 2. The van der Waals surface area contributed by atoms with Crippen LogP contribution in [0.4, 0.5) is 0 Å². The van der Waals surface area contributed by atoms with E-state index in [4.69, 9.17) is 5.10 Å². The second-order valence-corrected chi connectivity index (χ2v) is 6.49. The van der Waals surface area contributed by atoms with Gasteiger partial charge in [0.1, 0.15) is 5.69 Å². The second kappa shape index (κ2) is 6.55. The van der Waals surface area contributed by atoms with Gasteiger partial charge in [-0.05, 0) is 37.5 Å². The van der Waals surface area contributed by atoms with Crippen molar-refractivity contribution in [3.63, 3.8) is 0 Å².